The molecule has 0 aromatic rings. The average Bonchev–Trinajstić information content (AvgIpc) is 2.42. The SMILES string of the molecule is CC(=O)NC1C(OC(C)=O)C(OC(C)=O)C(COC(C)=O)O[C@H]1O. The fourth-order valence-corrected chi connectivity index (χ4v) is 2.31. The van der Waals surface area contributed by atoms with Crippen molar-refractivity contribution in [1.82, 2.24) is 5.32 Å². The molecule has 1 amide bonds. The molecular weight excluding hydrogens is 326 g/mol. The number of nitrogens with one attached hydrogen (secondary N) is 1. The van der Waals surface area contributed by atoms with Gasteiger partial charge in [0.05, 0.1) is 0 Å². The summed E-state index contributed by atoms with van der Waals surface area (Å²) in [6.07, 6.45) is -5.06. The largest absolute Gasteiger partial charge is 0.463 e. The Kier molecular flexibility index (Phi) is 7.11. The van der Waals surface area contributed by atoms with Crippen molar-refractivity contribution in [2.24, 2.45) is 0 Å². The van der Waals surface area contributed by atoms with Gasteiger partial charge in [-0.1, -0.05) is 0 Å². The van der Waals surface area contributed by atoms with E-state index in [4.69, 9.17) is 18.9 Å². The minimum absolute atomic E-state index is 0.338. The molecular formula is C14H21NO9. The Bertz CT molecular complexity index is 506. The van der Waals surface area contributed by atoms with E-state index in [1.54, 1.807) is 0 Å². The maximum Gasteiger partial charge on any atom is 0.303 e. The summed E-state index contributed by atoms with van der Waals surface area (Å²) < 4.78 is 20.3. The van der Waals surface area contributed by atoms with Crippen LogP contribution in [0.2, 0.25) is 0 Å². The van der Waals surface area contributed by atoms with E-state index in [0.29, 0.717) is 0 Å². The molecule has 136 valence electrons. The lowest BCUT2D eigenvalue weighted by Crippen LogP contribution is -2.66. The Labute approximate surface area is 138 Å². The van der Waals surface area contributed by atoms with Crippen molar-refractivity contribution in [3.8, 4) is 0 Å². The van der Waals surface area contributed by atoms with Crippen molar-refractivity contribution in [2.75, 3.05) is 6.61 Å². The third kappa shape index (κ3) is 5.78. The number of aliphatic hydroxyl groups excluding tert-OH is 1. The Morgan fingerprint density at radius 3 is 1.96 bits per heavy atom. The molecule has 1 rings (SSSR count). The third-order valence-electron chi connectivity index (χ3n) is 3.09. The summed E-state index contributed by atoms with van der Waals surface area (Å²) >= 11 is 0. The van der Waals surface area contributed by atoms with Crippen molar-refractivity contribution < 1.29 is 43.2 Å². The highest BCUT2D eigenvalue weighted by Crippen LogP contribution is 2.26. The molecule has 4 unspecified atom stereocenters. The molecule has 5 atom stereocenters. The number of carbonyl (C=O) groups is 4. The molecule has 10 heteroatoms. The van der Waals surface area contributed by atoms with Crippen molar-refractivity contribution in [1.29, 1.82) is 0 Å². The first-order valence-electron chi connectivity index (χ1n) is 7.20. The van der Waals surface area contributed by atoms with Crippen LogP contribution in [0, 0.1) is 0 Å². The van der Waals surface area contributed by atoms with Gasteiger partial charge in [0.1, 0.15) is 18.8 Å². The highest BCUT2D eigenvalue weighted by Gasteiger charge is 2.50. The van der Waals surface area contributed by atoms with Crippen LogP contribution >= 0.6 is 0 Å². The maximum atomic E-state index is 11.4. The minimum Gasteiger partial charge on any atom is -0.463 e. The first-order valence-corrected chi connectivity index (χ1v) is 7.20. The predicted molar refractivity (Wildman–Crippen MR) is 76.2 cm³/mol. The monoisotopic (exact) mass is 347 g/mol. The zero-order valence-electron chi connectivity index (χ0n) is 13.8. The van der Waals surface area contributed by atoms with Crippen molar-refractivity contribution in [2.45, 2.75) is 58.3 Å². The fraction of sp³-hybridized carbons (Fsp3) is 0.714. The second-order valence-corrected chi connectivity index (χ2v) is 5.24. The molecule has 0 aromatic carbocycles. The number of ether oxygens (including phenoxy) is 4. The first-order chi connectivity index (χ1) is 11.1. The molecule has 10 nitrogen and oxygen atoms in total. The molecule has 1 heterocycles. The minimum atomic E-state index is -1.56. The maximum absolute atomic E-state index is 11.4. The molecule has 1 saturated heterocycles. The van der Waals surface area contributed by atoms with Crippen molar-refractivity contribution >= 4 is 23.8 Å². The first kappa shape index (κ1) is 19.8. The molecule has 0 bridgehead atoms. The van der Waals surface area contributed by atoms with E-state index in [1.807, 2.05) is 0 Å². The summed E-state index contributed by atoms with van der Waals surface area (Å²) in [5, 5.41) is 12.5. The Hall–Kier alpha value is -2.20. The predicted octanol–water partition coefficient (Wildman–Crippen LogP) is -1.37. The van der Waals surface area contributed by atoms with Crippen LogP contribution in [0.5, 0.6) is 0 Å². The van der Waals surface area contributed by atoms with E-state index >= 15 is 0 Å². The van der Waals surface area contributed by atoms with Gasteiger partial charge in [-0.25, -0.2) is 0 Å². The number of amides is 1. The van der Waals surface area contributed by atoms with Gasteiger partial charge < -0.3 is 29.4 Å². The summed E-state index contributed by atoms with van der Waals surface area (Å²) in [6, 6.07) is -1.16. The van der Waals surface area contributed by atoms with Crippen LogP contribution in [-0.4, -0.2) is 66.2 Å². The number of carbonyl (C=O) groups excluding carboxylic acids is 4. The molecule has 1 aliphatic heterocycles. The summed E-state index contributed by atoms with van der Waals surface area (Å²) in [5.74, 6) is -2.54. The van der Waals surface area contributed by atoms with E-state index in [1.165, 1.54) is 13.8 Å². The standard InChI is InChI=1S/C14H21NO9/c1-6(16)15-11-13(23-9(4)19)12(22-8(3)18)10(24-14(11)20)5-21-7(2)17/h10-14,20H,5H2,1-4H3,(H,15,16)/t10?,11?,12?,13?,14-/m1/s1. The van der Waals surface area contributed by atoms with Gasteiger partial charge >= 0.3 is 17.9 Å². The normalized spacial score (nSPS) is 29.3. The van der Waals surface area contributed by atoms with Gasteiger partial charge in [-0.15, -0.1) is 0 Å². The molecule has 2 N–H and O–H groups in total. The van der Waals surface area contributed by atoms with Crippen molar-refractivity contribution in [3.05, 3.63) is 0 Å². The van der Waals surface area contributed by atoms with Crippen LogP contribution in [0.3, 0.4) is 0 Å². The van der Waals surface area contributed by atoms with Gasteiger partial charge in [0.25, 0.3) is 0 Å². The molecule has 0 aliphatic carbocycles. The number of hydrogen-bond acceptors (Lipinski definition) is 9. The highest BCUT2D eigenvalue weighted by molar-refractivity contribution is 5.73. The van der Waals surface area contributed by atoms with Gasteiger partial charge in [0.15, 0.2) is 18.5 Å². The number of rotatable bonds is 5. The van der Waals surface area contributed by atoms with E-state index in [-0.39, 0.29) is 6.61 Å². The summed E-state index contributed by atoms with van der Waals surface area (Å²) in [5.41, 5.74) is 0. The quantitative estimate of drug-likeness (QED) is 0.456. The topological polar surface area (TPSA) is 137 Å². The van der Waals surface area contributed by atoms with Crippen molar-refractivity contribution in [3.63, 3.8) is 0 Å². The van der Waals surface area contributed by atoms with Crippen LogP contribution in [0.4, 0.5) is 0 Å². The van der Waals surface area contributed by atoms with Gasteiger partial charge in [-0.05, 0) is 0 Å². The lowest BCUT2D eigenvalue weighted by atomic mass is 9.96. The zero-order valence-corrected chi connectivity index (χ0v) is 13.8. The molecule has 0 spiro atoms. The van der Waals surface area contributed by atoms with E-state index in [2.05, 4.69) is 5.32 Å². The van der Waals surface area contributed by atoms with Gasteiger partial charge in [0.2, 0.25) is 5.91 Å². The zero-order chi connectivity index (χ0) is 18.4. The van der Waals surface area contributed by atoms with Gasteiger partial charge in [-0.2, -0.15) is 0 Å². The Balaban J connectivity index is 3.11. The molecule has 24 heavy (non-hydrogen) atoms. The third-order valence-corrected chi connectivity index (χ3v) is 3.09. The number of aliphatic hydroxyl groups is 1. The van der Waals surface area contributed by atoms with E-state index in [9.17, 15) is 24.3 Å². The summed E-state index contributed by atoms with van der Waals surface area (Å²) in [7, 11) is 0. The van der Waals surface area contributed by atoms with Gasteiger partial charge in [0, 0.05) is 27.7 Å². The highest BCUT2D eigenvalue weighted by atomic mass is 16.7. The summed E-state index contributed by atoms with van der Waals surface area (Å²) in [6.45, 7) is 4.28. The fourth-order valence-electron chi connectivity index (χ4n) is 2.31. The molecule has 0 radical (unpaired) electrons. The van der Waals surface area contributed by atoms with Crippen LogP contribution < -0.4 is 5.32 Å². The van der Waals surface area contributed by atoms with Gasteiger partial charge in [-0.3, -0.25) is 19.2 Å². The molecule has 1 fully saturated rings. The summed E-state index contributed by atoms with van der Waals surface area (Å²) in [4.78, 5) is 45.0. The van der Waals surface area contributed by atoms with E-state index in [0.717, 1.165) is 13.8 Å². The molecule has 0 saturated carbocycles. The molecule has 0 aromatic heterocycles. The number of esters is 3. The molecule has 1 aliphatic rings. The number of hydrogen-bond donors (Lipinski definition) is 2. The Morgan fingerprint density at radius 2 is 1.50 bits per heavy atom. The van der Waals surface area contributed by atoms with Crippen LogP contribution in [0.25, 0.3) is 0 Å². The van der Waals surface area contributed by atoms with Crippen LogP contribution in [-0.2, 0) is 38.1 Å². The lowest BCUT2D eigenvalue weighted by Gasteiger charge is -2.43. The average molecular weight is 347 g/mol. The lowest BCUT2D eigenvalue weighted by molar-refractivity contribution is -0.264. The second kappa shape index (κ2) is 8.60. The van der Waals surface area contributed by atoms with Crippen LogP contribution in [0.15, 0.2) is 0 Å². The smallest absolute Gasteiger partial charge is 0.303 e. The second-order valence-electron chi connectivity index (χ2n) is 5.24. The van der Waals surface area contributed by atoms with Crippen LogP contribution in [0.1, 0.15) is 27.7 Å². The van der Waals surface area contributed by atoms with E-state index < -0.39 is 54.5 Å². The Morgan fingerprint density at radius 1 is 0.958 bits per heavy atom.